The Morgan fingerprint density at radius 1 is 1.13 bits per heavy atom. The summed E-state index contributed by atoms with van der Waals surface area (Å²) in [4.78, 5) is 0. The minimum atomic E-state index is -0.194. The lowest BCUT2D eigenvalue weighted by molar-refractivity contribution is -0.200. The molecule has 1 spiro atoms. The van der Waals surface area contributed by atoms with E-state index in [4.69, 9.17) is 9.47 Å². The van der Waals surface area contributed by atoms with Crippen molar-refractivity contribution in [2.24, 2.45) is 5.41 Å². The van der Waals surface area contributed by atoms with E-state index < -0.39 is 0 Å². The molecule has 1 aliphatic heterocycles. The molecule has 2 fully saturated rings. The monoisotopic (exact) mass is 212 g/mol. The highest BCUT2D eigenvalue weighted by molar-refractivity contribution is 4.90. The third-order valence-corrected chi connectivity index (χ3v) is 3.98. The van der Waals surface area contributed by atoms with Crippen molar-refractivity contribution in [3.63, 3.8) is 0 Å². The molecule has 1 heterocycles. The fourth-order valence-corrected chi connectivity index (χ4v) is 3.17. The van der Waals surface area contributed by atoms with E-state index in [2.05, 4.69) is 13.8 Å². The van der Waals surface area contributed by atoms with E-state index in [0.717, 1.165) is 26.1 Å². The van der Waals surface area contributed by atoms with E-state index in [9.17, 15) is 0 Å². The van der Waals surface area contributed by atoms with E-state index in [-0.39, 0.29) is 5.79 Å². The molecule has 0 amide bonds. The van der Waals surface area contributed by atoms with Crippen LogP contribution in [0.5, 0.6) is 0 Å². The molecule has 0 aromatic rings. The van der Waals surface area contributed by atoms with Crippen molar-refractivity contribution in [1.29, 1.82) is 0 Å². The van der Waals surface area contributed by atoms with Gasteiger partial charge in [-0.1, -0.05) is 26.7 Å². The molecule has 2 rings (SSSR count). The van der Waals surface area contributed by atoms with Crippen LogP contribution in [-0.2, 0) is 9.47 Å². The number of hydrogen-bond acceptors (Lipinski definition) is 2. The predicted molar refractivity (Wildman–Crippen MR) is 60.7 cm³/mol. The minimum Gasteiger partial charge on any atom is -0.348 e. The van der Waals surface area contributed by atoms with Gasteiger partial charge in [0.15, 0.2) is 5.79 Å². The molecule has 2 aliphatic rings. The SMILES string of the molecule is CCCC[C@@]1(C)CCCC2(C1)OCCO2. The molecule has 0 aromatic carbocycles. The van der Waals surface area contributed by atoms with E-state index in [1.54, 1.807) is 0 Å². The molecule has 0 radical (unpaired) electrons. The van der Waals surface area contributed by atoms with Crippen LogP contribution in [0.2, 0.25) is 0 Å². The minimum absolute atomic E-state index is 0.194. The fraction of sp³-hybridized carbons (Fsp3) is 1.00. The van der Waals surface area contributed by atoms with Gasteiger partial charge in [-0.2, -0.15) is 0 Å². The Labute approximate surface area is 93.3 Å². The van der Waals surface area contributed by atoms with Gasteiger partial charge < -0.3 is 9.47 Å². The van der Waals surface area contributed by atoms with Gasteiger partial charge in [-0.3, -0.25) is 0 Å². The molecule has 0 aromatic heterocycles. The Morgan fingerprint density at radius 2 is 1.87 bits per heavy atom. The average Bonchev–Trinajstić information content (AvgIpc) is 2.63. The number of hydrogen-bond donors (Lipinski definition) is 0. The van der Waals surface area contributed by atoms with Gasteiger partial charge >= 0.3 is 0 Å². The van der Waals surface area contributed by atoms with Gasteiger partial charge in [-0.05, 0) is 24.7 Å². The Morgan fingerprint density at radius 3 is 2.53 bits per heavy atom. The summed E-state index contributed by atoms with van der Waals surface area (Å²) in [5.74, 6) is -0.194. The zero-order valence-electron chi connectivity index (χ0n) is 10.2. The second kappa shape index (κ2) is 4.42. The third kappa shape index (κ3) is 2.54. The highest BCUT2D eigenvalue weighted by Crippen LogP contribution is 2.47. The molecule has 1 saturated heterocycles. The first-order chi connectivity index (χ1) is 7.18. The van der Waals surface area contributed by atoms with Crippen molar-refractivity contribution in [2.75, 3.05) is 13.2 Å². The summed E-state index contributed by atoms with van der Waals surface area (Å²) in [5.41, 5.74) is 0.457. The van der Waals surface area contributed by atoms with Crippen LogP contribution in [0.1, 0.15) is 58.8 Å². The predicted octanol–water partition coefficient (Wildman–Crippen LogP) is 3.50. The number of rotatable bonds is 3. The summed E-state index contributed by atoms with van der Waals surface area (Å²) in [7, 11) is 0. The molecule has 1 saturated carbocycles. The van der Waals surface area contributed by atoms with Gasteiger partial charge in [-0.15, -0.1) is 0 Å². The van der Waals surface area contributed by atoms with Crippen LogP contribution in [0.25, 0.3) is 0 Å². The van der Waals surface area contributed by atoms with E-state index >= 15 is 0 Å². The molecule has 15 heavy (non-hydrogen) atoms. The maximum absolute atomic E-state index is 5.83. The topological polar surface area (TPSA) is 18.5 Å². The normalized spacial score (nSPS) is 34.8. The Kier molecular flexibility index (Phi) is 3.36. The van der Waals surface area contributed by atoms with Crippen molar-refractivity contribution in [2.45, 2.75) is 64.6 Å². The summed E-state index contributed by atoms with van der Waals surface area (Å²) in [5, 5.41) is 0. The van der Waals surface area contributed by atoms with Gasteiger partial charge in [-0.25, -0.2) is 0 Å². The van der Waals surface area contributed by atoms with Gasteiger partial charge in [0.2, 0.25) is 0 Å². The zero-order chi connectivity index (χ0) is 10.8. The van der Waals surface area contributed by atoms with Crippen molar-refractivity contribution in [1.82, 2.24) is 0 Å². The largest absolute Gasteiger partial charge is 0.348 e. The molecule has 88 valence electrons. The van der Waals surface area contributed by atoms with Gasteiger partial charge in [0.25, 0.3) is 0 Å². The Hall–Kier alpha value is -0.0800. The smallest absolute Gasteiger partial charge is 0.169 e. The zero-order valence-corrected chi connectivity index (χ0v) is 10.2. The van der Waals surface area contributed by atoms with E-state index in [0.29, 0.717) is 5.41 Å². The highest BCUT2D eigenvalue weighted by Gasteiger charge is 2.45. The number of unbranched alkanes of at least 4 members (excludes halogenated alkanes) is 1. The molecular formula is C13H24O2. The second-order valence-corrected chi connectivity index (χ2v) is 5.55. The first kappa shape index (κ1) is 11.4. The van der Waals surface area contributed by atoms with Crippen LogP contribution < -0.4 is 0 Å². The standard InChI is InChI=1S/C13H24O2/c1-3-4-6-12(2)7-5-8-13(11-12)14-9-10-15-13/h3-11H2,1-2H3/t12-/m0/s1. The molecule has 1 aliphatic carbocycles. The Balaban J connectivity index is 1.96. The first-order valence-electron chi connectivity index (χ1n) is 6.46. The summed E-state index contributed by atoms with van der Waals surface area (Å²) >= 11 is 0. The molecule has 2 heteroatoms. The lowest BCUT2D eigenvalue weighted by Gasteiger charge is -2.43. The molecule has 1 atom stereocenters. The number of ether oxygens (including phenoxy) is 2. The summed E-state index contributed by atoms with van der Waals surface area (Å²) in [6.45, 7) is 6.27. The maximum atomic E-state index is 5.83. The third-order valence-electron chi connectivity index (χ3n) is 3.98. The van der Waals surface area contributed by atoms with Crippen molar-refractivity contribution in [3.8, 4) is 0 Å². The fourth-order valence-electron chi connectivity index (χ4n) is 3.17. The summed E-state index contributed by atoms with van der Waals surface area (Å²) in [6.07, 6.45) is 8.80. The first-order valence-corrected chi connectivity index (χ1v) is 6.46. The average molecular weight is 212 g/mol. The van der Waals surface area contributed by atoms with E-state index in [1.165, 1.54) is 32.1 Å². The molecular weight excluding hydrogens is 188 g/mol. The van der Waals surface area contributed by atoms with Crippen LogP contribution in [0.4, 0.5) is 0 Å². The quantitative estimate of drug-likeness (QED) is 0.713. The van der Waals surface area contributed by atoms with Crippen LogP contribution in [0.3, 0.4) is 0 Å². The van der Waals surface area contributed by atoms with Crippen LogP contribution in [0, 0.1) is 5.41 Å². The molecule has 0 N–H and O–H groups in total. The van der Waals surface area contributed by atoms with Crippen molar-refractivity contribution >= 4 is 0 Å². The van der Waals surface area contributed by atoms with Crippen LogP contribution in [0.15, 0.2) is 0 Å². The highest BCUT2D eigenvalue weighted by atomic mass is 16.7. The summed E-state index contributed by atoms with van der Waals surface area (Å²) in [6, 6.07) is 0. The molecule has 0 bridgehead atoms. The van der Waals surface area contributed by atoms with Crippen molar-refractivity contribution < 1.29 is 9.47 Å². The maximum Gasteiger partial charge on any atom is 0.169 e. The van der Waals surface area contributed by atoms with Crippen LogP contribution in [-0.4, -0.2) is 19.0 Å². The second-order valence-electron chi connectivity index (χ2n) is 5.55. The van der Waals surface area contributed by atoms with E-state index in [1.807, 2.05) is 0 Å². The lowest BCUT2D eigenvalue weighted by atomic mass is 9.70. The van der Waals surface area contributed by atoms with Gasteiger partial charge in [0.05, 0.1) is 13.2 Å². The van der Waals surface area contributed by atoms with Gasteiger partial charge in [0.1, 0.15) is 0 Å². The summed E-state index contributed by atoms with van der Waals surface area (Å²) < 4.78 is 11.7. The lowest BCUT2D eigenvalue weighted by Crippen LogP contribution is -2.41. The molecule has 0 unspecified atom stereocenters. The van der Waals surface area contributed by atoms with Crippen molar-refractivity contribution in [3.05, 3.63) is 0 Å². The van der Waals surface area contributed by atoms with Gasteiger partial charge in [0, 0.05) is 12.8 Å². The Bertz CT molecular complexity index is 209. The van der Waals surface area contributed by atoms with Crippen LogP contribution >= 0.6 is 0 Å². The molecule has 2 nitrogen and oxygen atoms in total.